The second kappa shape index (κ2) is 13.3. The number of nitrogens with zero attached hydrogens (tertiary/aromatic N) is 3. The SMILES string of the molecule is COc1ccc([Si](C)(C)[C@@H]2[C@@H](CC(=O)N3CCC[C@H]3CO)O[C@]3(C(=O)N(Cc4cccc(N5CCOC5=O)c4)c4ccc(Cl)cc43)[C@H]2C)cc1. The molecule has 12 heteroatoms. The molecule has 0 bridgehead atoms. The zero-order valence-electron chi connectivity index (χ0n) is 28.9. The average Bonchev–Trinajstić information content (AvgIpc) is 3.88. The lowest BCUT2D eigenvalue weighted by Crippen LogP contribution is -2.52. The van der Waals surface area contributed by atoms with Crippen LogP contribution in [0.5, 0.6) is 5.75 Å². The van der Waals surface area contributed by atoms with Crippen molar-refractivity contribution in [1.29, 1.82) is 0 Å². The van der Waals surface area contributed by atoms with Crippen LogP contribution in [0.15, 0.2) is 66.7 Å². The number of cyclic esters (lactones) is 1. The predicted octanol–water partition coefficient (Wildman–Crippen LogP) is 5.44. The monoisotopic (exact) mass is 717 g/mol. The van der Waals surface area contributed by atoms with E-state index < -0.39 is 19.8 Å². The second-order valence-corrected chi connectivity index (χ2v) is 19.5. The number of rotatable bonds is 9. The molecule has 10 nitrogen and oxygen atoms in total. The molecule has 3 aromatic rings. The number of likely N-dealkylation sites (tertiary alicyclic amines) is 1. The van der Waals surface area contributed by atoms with Crippen LogP contribution >= 0.6 is 11.6 Å². The van der Waals surface area contributed by atoms with Gasteiger partial charge < -0.3 is 29.1 Å². The third kappa shape index (κ3) is 5.68. The van der Waals surface area contributed by atoms with Crippen LogP contribution < -0.4 is 19.7 Å². The topological polar surface area (TPSA) is 109 Å². The Morgan fingerprint density at radius 3 is 2.56 bits per heavy atom. The third-order valence-corrected chi connectivity index (χ3v) is 16.0. The van der Waals surface area contributed by atoms with Gasteiger partial charge in [-0.3, -0.25) is 14.5 Å². The number of hydrogen-bond acceptors (Lipinski definition) is 7. The minimum Gasteiger partial charge on any atom is -0.497 e. The summed E-state index contributed by atoms with van der Waals surface area (Å²) >= 11 is 6.66. The highest BCUT2D eigenvalue weighted by Crippen LogP contribution is 2.60. The number of carbonyl (C=O) groups is 3. The number of anilines is 2. The number of benzene rings is 3. The maximum absolute atomic E-state index is 15.1. The van der Waals surface area contributed by atoms with E-state index in [2.05, 4.69) is 32.2 Å². The lowest BCUT2D eigenvalue weighted by molar-refractivity contribution is -0.150. The van der Waals surface area contributed by atoms with Crippen molar-refractivity contribution in [3.63, 3.8) is 0 Å². The fourth-order valence-electron chi connectivity index (χ4n) is 8.92. The van der Waals surface area contributed by atoms with Crippen molar-refractivity contribution in [3.8, 4) is 5.75 Å². The van der Waals surface area contributed by atoms with E-state index in [1.54, 1.807) is 27.9 Å². The highest BCUT2D eigenvalue weighted by atomic mass is 35.5. The van der Waals surface area contributed by atoms with Gasteiger partial charge in [0.05, 0.1) is 59.1 Å². The number of aliphatic hydroxyl groups is 1. The molecule has 0 saturated carbocycles. The van der Waals surface area contributed by atoms with Crippen LogP contribution in [0.25, 0.3) is 0 Å². The van der Waals surface area contributed by atoms with E-state index in [1.165, 1.54) is 5.19 Å². The Labute approximate surface area is 298 Å². The van der Waals surface area contributed by atoms with Crippen molar-refractivity contribution in [3.05, 3.63) is 82.9 Å². The van der Waals surface area contributed by atoms with Crippen molar-refractivity contribution < 1.29 is 33.7 Å². The van der Waals surface area contributed by atoms with Gasteiger partial charge in [0.25, 0.3) is 5.91 Å². The number of hydrogen-bond donors (Lipinski definition) is 1. The molecule has 0 radical (unpaired) electrons. The van der Waals surface area contributed by atoms with Crippen molar-refractivity contribution >= 4 is 54.1 Å². The van der Waals surface area contributed by atoms with Gasteiger partial charge in [-0.05, 0) is 66.4 Å². The molecule has 0 aliphatic carbocycles. The largest absolute Gasteiger partial charge is 0.497 e. The summed E-state index contributed by atoms with van der Waals surface area (Å²) in [4.78, 5) is 46.6. The van der Waals surface area contributed by atoms with Crippen molar-refractivity contribution in [2.75, 3.05) is 43.2 Å². The molecule has 5 atom stereocenters. The number of aliphatic hydroxyl groups excluding tert-OH is 1. The molecule has 3 saturated heterocycles. The number of halogens is 1. The molecule has 4 aliphatic rings. The summed E-state index contributed by atoms with van der Waals surface area (Å²) in [6, 6.07) is 21.0. The van der Waals surface area contributed by atoms with Crippen LogP contribution in [-0.4, -0.2) is 81.5 Å². The molecule has 3 fully saturated rings. The molecule has 50 heavy (non-hydrogen) atoms. The van der Waals surface area contributed by atoms with Gasteiger partial charge in [-0.15, -0.1) is 0 Å². The molecule has 4 heterocycles. The zero-order valence-corrected chi connectivity index (χ0v) is 30.7. The van der Waals surface area contributed by atoms with Crippen molar-refractivity contribution in [2.24, 2.45) is 5.92 Å². The first-order valence-corrected chi connectivity index (χ1v) is 20.8. The molecule has 1 spiro atoms. The molecule has 3 amide bonds. The van der Waals surface area contributed by atoms with Gasteiger partial charge in [-0.25, -0.2) is 4.79 Å². The molecule has 264 valence electrons. The van der Waals surface area contributed by atoms with E-state index in [4.69, 9.17) is 25.8 Å². The van der Waals surface area contributed by atoms with E-state index in [0.717, 1.165) is 24.2 Å². The van der Waals surface area contributed by atoms with E-state index >= 15 is 4.79 Å². The maximum atomic E-state index is 15.1. The molecular formula is C38H44ClN3O7Si. The van der Waals surface area contributed by atoms with Gasteiger partial charge in [0.1, 0.15) is 12.4 Å². The number of methoxy groups -OCH3 is 1. The molecule has 1 N–H and O–H groups in total. The number of ether oxygens (including phenoxy) is 3. The van der Waals surface area contributed by atoms with E-state index in [-0.39, 0.29) is 55.0 Å². The molecule has 0 aromatic heterocycles. The predicted molar refractivity (Wildman–Crippen MR) is 194 cm³/mol. The van der Waals surface area contributed by atoms with E-state index in [1.807, 2.05) is 48.5 Å². The molecule has 4 aliphatic heterocycles. The van der Waals surface area contributed by atoms with Gasteiger partial charge in [0.15, 0.2) is 5.60 Å². The van der Waals surface area contributed by atoms with Crippen molar-refractivity contribution in [2.45, 2.75) is 69.1 Å². The van der Waals surface area contributed by atoms with E-state index in [9.17, 15) is 14.7 Å². The Hall–Kier alpha value is -3.90. The Kier molecular flexibility index (Phi) is 9.21. The Balaban J connectivity index is 1.29. The zero-order chi connectivity index (χ0) is 35.4. The Morgan fingerprint density at radius 2 is 1.86 bits per heavy atom. The first kappa shape index (κ1) is 34.5. The summed E-state index contributed by atoms with van der Waals surface area (Å²) in [7, 11) is -0.834. The highest BCUT2D eigenvalue weighted by Gasteiger charge is 2.66. The van der Waals surface area contributed by atoms with Crippen LogP contribution in [0.4, 0.5) is 16.2 Å². The Morgan fingerprint density at radius 1 is 1.08 bits per heavy atom. The molecule has 3 aromatic carbocycles. The minimum atomic E-state index is -2.48. The van der Waals surface area contributed by atoms with Crippen molar-refractivity contribution in [1.82, 2.24) is 4.90 Å². The van der Waals surface area contributed by atoms with E-state index in [0.29, 0.717) is 41.7 Å². The first-order chi connectivity index (χ1) is 24.0. The van der Waals surface area contributed by atoms with Gasteiger partial charge in [-0.1, -0.05) is 61.1 Å². The van der Waals surface area contributed by atoms with Gasteiger partial charge in [0.2, 0.25) is 5.91 Å². The lowest BCUT2D eigenvalue weighted by atomic mass is 9.82. The minimum absolute atomic E-state index is 0.0637. The number of carbonyl (C=O) groups excluding carboxylic acids is 3. The highest BCUT2D eigenvalue weighted by molar-refractivity contribution is 6.91. The van der Waals surface area contributed by atoms with Gasteiger partial charge >= 0.3 is 6.09 Å². The number of fused-ring (bicyclic) bond motifs is 2. The van der Waals surface area contributed by atoms with Crippen LogP contribution in [0, 0.1) is 5.92 Å². The Bertz CT molecular complexity index is 1810. The van der Waals surface area contributed by atoms with Gasteiger partial charge in [0, 0.05) is 28.7 Å². The average molecular weight is 718 g/mol. The summed E-state index contributed by atoms with van der Waals surface area (Å²) < 4.78 is 17.8. The van der Waals surface area contributed by atoms with Crippen LogP contribution in [0.1, 0.15) is 37.3 Å². The fourth-order valence-corrected chi connectivity index (χ4v) is 13.1. The van der Waals surface area contributed by atoms with Crippen LogP contribution in [0.2, 0.25) is 23.7 Å². The molecule has 7 rings (SSSR count). The van der Waals surface area contributed by atoms with Gasteiger partial charge in [-0.2, -0.15) is 0 Å². The van der Waals surface area contributed by atoms with Crippen LogP contribution in [0.3, 0.4) is 0 Å². The summed E-state index contributed by atoms with van der Waals surface area (Å²) in [5.41, 5.74) is 1.48. The van der Waals surface area contributed by atoms with Crippen LogP contribution in [-0.2, 0) is 31.2 Å². The molecule has 0 unspecified atom stereocenters. The summed E-state index contributed by atoms with van der Waals surface area (Å²) in [6.45, 7) is 8.23. The quantitative estimate of drug-likeness (QED) is 0.294. The summed E-state index contributed by atoms with van der Waals surface area (Å²) in [6.07, 6.45) is 0.778. The smallest absolute Gasteiger partial charge is 0.414 e. The summed E-state index contributed by atoms with van der Waals surface area (Å²) in [5, 5.41) is 11.7. The standard InChI is InChI=1S/C38H44ClN3O7Si/c1-24-35(50(3,4)30-13-11-29(47-2)12-14-30)33(21-34(44)40-16-6-9-28(40)23-43)49-38(24)31-20-26(39)10-15-32(31)42(36(38)45)22-25-7-5-8-27(19-25)41-17-18-48-37(41)46/h5,7-8,10-15,19-20,24,28,33,35,43H,6,9,16-18,21-23H2,1-4H3/t24-,28-,33+,35-,38+/m0/s1. The number of amides is 3. The third-order valence-electron chi connectivity index (χ3n) is 11.4. The normalized spacial score (nSPS) is 26.2. The second-order valence-electron chi connectivity index (χ2n) is 14.4. The first-order valence-electron chi connectivity index (χ1n) is 17.4. The fraction of sp³-hybridized carbons (Fsp3) is 0.447. The lowest BCUT2D eigenvalue weighted by Gasteiger charge is -2.37. The molecular weight excluding hydrogens is 674 g/mol. The summed E-state index contributed by atoms with van der Waals surface area (Å²) in [5.74, 6) is 0.197. The maximum Gasteiger partial charge on any atom is 0.414 e.